The summed E-state index contributed by atoms with van der Waals surface area (Å²) in [7, 11) is 0. The van der Waals surface area contributed by atoms with E-state index in [4.69, 9.17) is 16.7 Å². The van der Waals surface area contributed by atoms with Crippen molar-refractivity contribution in [2.75, 3.05) is 0 Å². The highest BCUT2D eigenvalue weighted by atomic mass is 79.9. The summed E-state index contributed by atoms with van der Waals surface area (Å²) < 4.78 is 41.6. The summed E-state index contributed by atoms with van der Waals surface area (Å²) in [5.74, 6) is -1.64. The number of carboxylic acid groups (broad SMARTS) is 1. The maximum absolute atomic E-state index is 12.2. The number of carbonyl (C=O) groups is 1. The molecule has 0 aliphatic heterocycles. The SMILES string of the molecule is O=C(O)c1cc(Cl)cn1-c1ccc(OC(F)(F)F)c(Br)c1. The lowest BCUT2D eigenvalue weighted by Crippen LogP contribution is -2.17. The maximum atomic E-state index is 12.2. The van der Waals surface area contributed by atoms with E-state index in [0.717, 1.165) is 6.07 Å². The summed E-state index contributed by atoms with van der Waals surface area (Å²) in [6.07, 6.45) is -3.47. The largest absolute Gasteiger partial charge is 0.573 e. The lowest BCUT2D eigenvalue weighted by molar-refractivity contribution is -0.274. The fourth-order valence-corrected chi connectivity index (χ4v) is 2.30. The van der Waals surface area contributed by atoms with E-state index >= 15 is 0 Å². The van der Waals surface area contributed by atoms with Crippen LogP contribution in [0.25, 0.3) is 5.69 Å². The second kappa shape index (κ2) is 5.61. The molecule has 1 aromatic heterocycles. The number of aromatic nitrogens is 1. The topological polar surface area (TPSA) is 51.5 Å². The lowest BCUT2D eigenvalue weighted by atomic mass is 10.3. The quantitative estimate of drug-likeness (QED) is 0.848. The number of hydrogen-bond acceptors (Lipinski definition) is 2. The molecule has 112 valence electrons. The maximum Gasteiger partial charge on any atom is 0.573 e. The number of halogens is 5. The van der Waals surface area contributed by atoms with Crippen LogP contribution in [0.15, 0.2) is 34.9 Å². The van der Waals surface area contributed by atoms with E-state index in [1.165, 1.54) is 29.0 Å². The molecule has 0 saturated carbocycles. The van der Waals surface area contributed by atoms with Gasteiger partial charge in [-0.3, -0.25) is 0 Å². The molecule has 1 heterocycles. The van der Waals surface area contributed by atoms with Gasteiger partial charge < -0.3 is 14.4 Å². The van der Waals surface area contributed by atoms with E-state index in [1.54, 1.807) is 0 Å². The third-order valence-corrected chi connectivity index (χ3v) is 3.25. The molecular formula is C12H6BrClF3NO3. The second-order valence-electron chi connectivity index (χ2n) is 3.88. The highest BCUT2D eigenvalue weighted by Gasteiger charge is 2.32. The first kappa shape index (κ1) is 15.7. The molecule has 0 spiro atoms. The van der Waals surface area contributed by atoms with E-state index in [1.807, 2.05) is 0 Å². The van der Waals surface area contributed by atoms with Crippen molar-refractivity contribution < 1.29 is 27.8 Å². The summed E-state index contributed by atoms with van der Waals surface area (Å²) >= 11 is 8.70. The minimum Gasteiger partial charge on any atom is -0.477 e. The van der Waals surface area contributed by atoms with Crippen LogP contribution in [0, 0.1) is 0 Å². The van der Waals surface area contributed by atoms with Gasteiger partial charge in [0.05, 0.1) is 9.50 Å². The van der Waals surface area contributed by atoms with Crippen LogP contribution >= 0.6 is 27.5 Å². The molecule has 9 heteroatoms. The molecule has 1 N–H and O–H groups in total. The molecule has 0 aliphatic rings. The fraction of sp³-hybridized carbons (Fsp3) is 0.0833. The van der Waals surface area contributed by atoms with Gasteiger partial charge in [-0.2, -0.15) is 0 Å². The zero-order chi connectivity index (χ0) is 15.8. The van der Waals surface area contributed by atoms with Gasteiger partial charge in [0.2, 0.25) is 0 Å². The highest BCUT2D eigenvalue weighted by Crippen LogP contribution is 2.32. The minimum atomic E-state index is -4.81. The van der Waals surface area contributed by atoms with Crippen molar-refractivity contribution in [3.8, 4) is 11.4 Å². The van der Waals surface area contributed by atoms with E-state index in [9.17, 15) is 18.0 Å². The Kier molecular flexibility index (Phi) is 4.20. The zero-order valence-electron chi connectivity index (χ0n) is 9.99. The van der Waals surface area contributed by atoms with Crippen LogP contribution in [-0.2, 0) is 0 Å². The number of benzene rings is 1. The van der Waals surface area contributed by atoms with Crippen LogP contribution in [-0.4, -0.2) is 22.0 Å². The molecule has 0 saturated heterocycles. The predicted molar refractivity (Wildman–Crippen MR) is 72.1 cm³/mol. The van der Waals surface area contributed by atoms with Gasteiger partial charge in [0.15, 0.2) is 0 Å². The number of hydrogen-bond donors (Lipinski definition) is 1. The van der Waals surface area contributed by atoms with Crippen LogP contribution in [0.4, 0.5) is 13.2 Å². The van der Waals surface area contributed by atoms with Crippen molar-refractivity contribution in [1.82, 2.24) is 4.57 Å². The minimum absolute atomic E-state index is 0.0264. The Bertz CT molecular complexity index is 700. The molecule has 0 aliphatic carbocycles. The van der Waals surface area contributed by atoms with Crippen molar-refractivity contribution in [2.45, 2.75) is 6.36 Å². The molecule has 4 nitrogen and oxygen atoms in total. The molecule has 0 radical (unpaired) electrons. The number of carboxylic acids is 1. The van der Waals surface area contributed by atoms with Gasteiger partial charge >= 0.3 is 12.3 Å². The average Bonchev–Trinajstić information content (AvgIpc) is 2.72. The molecule has 0 amide bonds. The van der Waals surface area contributed by atoms with E-state index < -0.39 is 18.1 Å². The van der Waals surface area contributed by atoms with Gasteiger partial charge in [-0.25, -0.2) is 4.79 Å². The molecule has 0 fully saturated rings. The second-order valence-corrected chi connectivity index (χ2v) is 5.17. The number of nitrogens with zero attached hydrogens (tertiary/aromatic N) is 1. The van der Waals surface area contributed by atoms with Gasteiger partial charge in [0, 0.05) is 11.9 Å². The third kappa shape index (κ3) is 3.70. The average molecular weight is 385 g/mol. The smallest absolute Gasteiger partial charge is 0.477 e. The Hall–Kier alpha value is -1.67. The molecule has 2 rings (SSSR count). The van der Waals surface area contributed by atoms with Gasteiger partial charge in [-0.15, -0.1) is 13.2 Å². The van der Waals surface area contributed by atoms with Crippen LogP contribution in [0.3, 0.4) is 0 Å². The van der Waals surface area contributed by atoms with E-state index in [0.29, 0.717) is 5.69 Å². The predicted octanol–water partition coefficient (Wildman–Crippen LogP) is 4.49. The Morgan fingerprint density at radius 1 is 1.33 bits per heavy atom. The molecule has 2 aromatic rings. The van der Waals surface area contributed by atoms with Crippen molar-refractivity contribution in [1.29, 1.82) is 0 Å². The van der Waals surface area contributed by atoms with E-state index in [-0.39, 0.29) is 15.2 Å². The number of ether oxygens (including phenoxy) is 1. The number of aromatic carboxylic acids is 1. The van der Waals surface area contributed by atoms with Gasteiger partial charge in [0.1, 0.15) is 11.4 Å². The first-order chi connectivity index (χ1) is 9.67. The summed E-state index contributed by atoms with van der Waals surface area (Å²) in [6.45, 7) is 0. The Balaban J connectivity index is 2.43. The summed E-state index contributed by atoms with van der Waals surface area (Å²) in [5.41, 5.74) is 0.206. The zero-order valence-corrected chi connectivity index (χ0v) is 12.3. The van der Waals surface area contributed by atoms with Crippen molar-refractivity contribution in [3.63, 3.8) is 0 Å². The summed E-state index contributed by atoms with van der Waals surface area (Å²) in [4.78, 5) is 11.1. The summed E-state index contributed by atoms with van der Waals surface area (Å²) in [6, 6.07) is 4.89. The number of rotatable bonds is 3. The molecule has 21 heavy (non-hydrogen) atoms. The molecule has 0 atom stereocenters. The molecular weight excluding hydrogens is 378 g/mol. The van der Waals surface area contributed by atoms with Gasteiger partial charge in [0.25, 0.3) is 0 Å². The first-order valence-corrected chi connectivity index (χ1v) is 6.51. The molecule has 0 bridgehead atoms. The third-order valence-electron chi connectivity index (χ3n) is 2.43. The van der Waals surface area contributed by atoms with Crippen LogP contribution in [0.5, 0.6) is 5.75 Å². The lowest BCUT2D eigenvalue weighted by Gasteiger charge is -2.12. The van der Waals surface area contributed by atoms with Gasteiger partial charge in [-0.05, 0) is 40.2 Å². The Morgan fingerprint density at radius 3 is 2.52 bits per heavy atom. The van der Waals surface area contributed by atoms with Crippen LogP contribution < -0.4 is 4.74 Å². The van der Waals surface area contributed by atoms with Crippen molar-refractivity contribution in [3.05, 3.63) is 45.7 Å². The monoisotopic (exact) mass is 383 g/mol. The van der Waals surface area contributed by atoms with Crippen LogP contribution in [0.2, 0.25) is 5.02 Å². The molecule has 0 unspecified atom stereocenters. The van der Waals surface area contributed by atoms with Gasteiger partial charge in [-0.1, -0.05) is 11.6 Å². The van der Waals surface area contributed by atoms with Crippen molar-refractivity contribution >= 4 is 33.5 Å². The van der Waals surface area contributed by atoms with E-state index in [2.05, 4.69) is 20.7 Å². The molecule has 1 aromatic carbocycles. The van der Waals surface area contributed by atoms with Crippen molar-refractivity contribution in [2.24, 2.45) is 0 Å². The normalized spacial score (nSPS) is 11.5. The van der Waals surface area contributed by atoms with Crippen LogP contribution in [0.1, 0.15) is 10.5 Å². The first-order valence-electron chi connectivity index (χ1n) is 5.34. The standard InChI is InChI=1S/C12H6BrClF3NO3/c13-8-4-7(1-2-10(8)21-12(15,16)17)18-5-6(14)3-9(18)11(19)20/h1-5H,(H,19,20). The fourth-order valence-electron chi connectivity index (χ4n) is 1.66. The Morgan fingerprint density at radius 2 is 2.00 bits per heavy atom. The highest BCUT2D eigenvalue weighted by molar-refractivity contribution is 9.10. The summed E-state index contributed by atoms with van der Waals surface area (Å²) in [5, 5.41) is 9.25. The number of alkyl halides is 3. The Labute approximate surface area is 129 Å².